The van der Waals surface area contributed by atoms with E-state index in [2.05, 4.69) is 10.2 Å². The van der Waals surface area contributed by atoms with E-state index in [1.54, 1.807) is 18.4 Å². The summed E-state index contributed by atoms with van der Waals surface area (Å²) in [6.07, 6.45) is 5.21. The molecule has 1 spiro atoms. The second-order valence-corrected chi connectivity index (χ2v) is 6.65. The van der Waals surface area contributed by atoms with E-state index in [1.807, 2.05) is 12.1 Å². The molecule has 6 nitrogen and oxygen atoms in total. The van der Waals surface area contributed by atoms with Crippen molar-refractivity contribution in [2.45, 2.75) is 25.0 Å². The lowest BCUT2D eigenvalue weighted by Crippen LogP contribution is -2.64. The minimum Gasteiger partial charge on any atom is -0.468 e. The molecular formula is C18H22N2O4. The van der Waals surface area contributed by atoms with Crippen molar-refractivity contribution in [2.24, 2.45) is 5.92 Å². The van der Waals surface area contributed by atoms with Crippen LogP contribution < -0.4 is 5.32 Å². The van der Waals surface area contributed by atoms with Gasteiger partial charge in [-0.25, -0.2) is 0 Å². The molecule has 2 aromatic heterocycles. The Bertz CT molecular complexity index is 659. The van der Waals surface area contributed by atoms with Gasteiger partial charge in [0.25, 0.3) is 5.91 Å². The quantitative estimate of drug-likeness (QED) is 0.880. The van der Waals surface area contributed by atoms with Crippen LogP contribution in [0.2, 0.25) is 0 Å². The van der Waals surface area contributed by atoms with E-state index in [4.69, 9.17) is 13.6 Å². The number of furan rings is 2. The SMILES string of the molecule is O=C(NCC[C@@H]1CCOC12CN(Cc1ccco1)C2)c1ccco1. The van der Waals surface area contributed by atoms with Crippen LogP contribution in [0.5, 0.6) is 0 Å². The van der Waals surface area contributed by atoms with Crippen molar-refractivity contribution in [2.75, 3.05) is 26.2 Å². The first-order valence-corrected chi connectivity index (χ1v) is 8.46. The summed E-state index contributed by atoms with van der Waals surface area (Å²) >= 11 is 0. The van der Waals surface area contributed by atoms with Crippen molar-refractivity contribution in [1.29, 1.82) is 0 Å². The molecule has 2 aromatic rings. The molecule has 4 rings (SSSR count). The highest BCUT2D eigenvalue weighted by atomic mass is 16.5. The first-order valence-electron chi connectivity index (χ1n) is 8.46. The Kier molecular flexibility index (Phi) is 4.16. The Morgan fingerprint density at radius 2 is 2.08 bits per heavy atom. The highest BCUT2D eigenvalue weighted by Gasteiger charge is 2.52. The van der Waals surface area contributed by atoms with Crippen molar-refractivity contribution in [3.05, 3.63) is 48.3 Å². The number of hydrogen-bond acceptors (Lipinski definition) is 5. The summed E-state index contributed by atoms with van der Waals surface area (Å²) in [5.41, 5.74) is -0.0397. The summed E-state index contributed by atoms with van der Waals surface area (Å²) in [4.78, 5) is 14.2. The zero-order valence-corrected chi connectivity index (χ0v) is 13.6. The van der Waals surface area contributed by atoms with E-state index in [-0.39, 0.29) is 11.5 Å². The fraction of sp³-hybridized carbons (Fsp3) is 0.500. The molecule has 0 radical (unpaired) electrons. The van der Waals surface area contributed by atoms with Gasteiger partial charge in [-0.3, -0.25) is 9.69 Å². The number of carbonyl (C=O) groups excluding carboxylic acids is 1. The maximum absolute atomic E-state index is 11.9. The van der Waals surface area contributed by atoms with E-state index in [0.29, 0.717) is 18.2 Å². The predicted octanol–water partition coefficient (Wildman–Crippen LogP) is 2.28. The number of likely N-dealkylation sites (tertiary alicyclic amines) is 1. The normalized spacial score (nSPS) is 22.6. The zero-order chi connectivity index (χ0) is 16.4. The van der Waals surface area contributed by atoms with Crippen molar-refractivity contribution in [1.82, 2.24) is 10.2 Å². The number of nitrogens with one attached hydrogen (secondary N) is 1. The summed E-state index contributed by atoms with van der Waals surface area (Å²) in [5.74, 6) is 1.69. The maximum Gasteiger partial charge on any atom is 0.286 e. The molecule has 2 aliphatic heterocycles. The van der Waals surface area contributed by atoms with Crippen LogP contribution in [0.25, 0.3) is 0 Å². The van der Waals surface area contributed by atoms with Gasteiger partial charge in [-0.1, -0.05) is 0 Å². The van der Waals surface area contributed by atoms with Crippen LogP contribution in [-0.4, -0.2) is 42.6 Å². The van der Waals surface area contributed by atoms with Crippen molar-refractivity contribution < 1.29 is 18.4 Å². The third kappa shape index (κ3) is 2.99. The molecule has 1 amide bonds. The molecule has 0 unspecified atom stereocenters. The summed E-state index contributed by atoms with van der Waals surface area (Å²) in [5, 5.41) is 2.93. The van der Waals surface area contributed by atoms with E-state index >= 15 is 0 Å². The lowest BCUT2D eigenvalue weighted by atomic mass is 9.79. The van der Waals surface area contributed by atoms with Crippen LogP contribution in [-0.2, 0) is 11.3 Å². The molecule has 4 heterocycles. The molecular weight excluding hydrogens is 308 g/mol. The van der Waals surface area contributed by atoms with Crippen molar-refractivity contribution in [3.63, 3.8) is 0 Å². The molecule has 0 aromatic carbocycles. The van der Waals surface area contributed by atoms with E-state index in [0.717, 1.165) is 44.8 Å². The Morgan fingerprint density at radius 1 is 1.25 bits per heavy atom. The standard InChI is InChI=1S/C18H22N2O4/c21-17(16-4-2-9-23-16)19-7-5-14-6-10-24-18(14)12-20(13-18)11-15-3-1-8-22-15/h1-4,8-9,14H,5-7,10-13H2,(H,19,21)/t14-/m1/s1. The Morgan fingerprint density at radius 3 is 2.83 bits per heavy atom. The molecule has 1 atom stereocenters. The fourth-order valence-corrected chi connectivity index (χ4v) is 3.84. The molecule has 0 saturated carbocycles. The predicted molar refractivity (Wildman–Crippen MR) is 86.4 cm³/mol. The number of rotatable bonds is 6. The molecule has 1 N–H and O–H groups in total. The molecule has 2 fully saturated rings. The smallest absolute Gasteiger partial charge is 0.286 e. The topological polar surface area (TPSA) is 67.8 Å². The highest BCUT2D eigenvalue weighted by Crippen LogP contribution is 2.42. The van der Waals surface area contributed by atoms with Gasteiger partial charge in [-0.2, -0.15) is 0 Å². The van der Waals surface area contributed by atoms with Crippen LogP contribution in [0.15, 0.2) is 45.6 Å². The number of hydrogen-bond donors (Lipinski definition) is 1. The van der Waals surface area contributed by atoms with Crippen LogP contribution in [0, 0.1) is 5.92 Å². The molecule has 24 heavy (non-hydrogen) atoms. The van der Waals surface area contributed by atoms with Gasteiger partial charge in [0.15, 0.2) is 5.76 Å². The van der Waals surface area contributed by atoms with Crippen molar-refractivity contribution >= 4 is 5.91 Å². The third-order valence-electron chi connectivity index (χ3n) is 5.07. The van der Waals surface area contributed by atoms with Gasteiger partial charge >= 0.3 is 0 Å². The Balaban J connectivity index is 1.25. The molecule has 0 bridgehead atoms. The highest BCUT2D eigenvalue weighted by molar-refractivity contribution is 5.91. The average molecular weight is 330 g/mol. The summed E-state index contributed by atoms with van der Waals surface area (Å²) in [6.45, 7) is 4.16. The second kappa shape index (κ2) is 6.45. The van der Waals surface area contributed by atoms with Gasteiger partial charge in [0, 0.05) is 26.2 Å². The van der Waals surface area contributed by atoms with Crippen LogP contribution in [0.3, 0.4) is 0 Å². The number of nitrogens with zero attached hydrogens (tertiary/aromatic N) is 1. The number of amides is 1. The molecule has 0 aliphatic carbocycles. The van der Waals surface area contributed by atoms with E-state index in [1.165, 1.54) is 6.26 Å². The fourth-order valence-electron chi connectivity index (χ4n) is 3.84. The van der Waals surface area contributed by atoms with Gasteiger partial charge in [-0.15, -0.1) is 0 Å². The van der Waals surface area contributed by atoms with Gasteiger partial charge in [0.05, 0.1) is 24.7 Å². The van der Waals surface area contributed by atoms with Gasteiger partial charge in [0.2, 0.25) is 0 Å². The van der Waals surface area contributed by atoms with Crippen LogP contribution >= 0.6 is 0 Å². The number of carbonyl (C=O) groups is 1. The zero-order valence-electron chi connectivity index (χ0n) is 13.6. The van der Waals surface area contributed by atoms with E-state index in [9.17, 15) is 4.79 Å². The minimum absolute atomic E-state index is 0.0397. The van der Waals surface area contributed by atoms with Gasteiger partial charge < -0.3 is 18.9 Å². The molecule has 128 valence electrons. The molecule has 6 heteroatoms. The van der Waals surface area contributed by atoms with Crippen LogP contribution in [0.1, 0.15) is 29.2 Å². The Labute approximate surface area is 140 Å². The summed E-state index contributed by atoms with van der Waals surface area (Å²) in [6, 6.07) is 7.31. The number of ether oxygens (including phenoxy) is 1. The lowest BCUT2D eigenvalue weighted by Gasteiger charge is -2.50. The summed E-state index contributed by atoms with van der Waals surface area (Å²) in [7, 11) is 0. The van der Waals surface area contributed by atoms with Gasteiger partial charge in [-0.05, 0) is 43.0 Å². The van der Waals surface area contributed by atoms with Crippen LogP contribution in [0.4, 0.5) is 0 Å². The monoisotopic (exact) mass is 330 g/mol. The largest absolute Gasteiger partial charge is 0.468 e. The van der Waals surface area contributed by atoms with E-state index < -0.39 is 0 Å². The average Bonchev–Trinajstić information content (AvgIpc) is 3.28. The third-order valence-corrected chi connectivity index (χ3v) is 5.07. The summed E-state index contributed by atoms with van der Waals surface area (Å²) < 4.78 is 16.6. The Hall–Kier alpha value is -2.05. The lowest BCUT2D eigenvalue weighted by molar-refractivity contribution is -0.138. The first kappa shape index (κ1) is 15.5. The molecule has 2 saturated heterocycles. The van der Waals surface area contributed by atoms with Gasteiger partial charge in [0.1, 0.15) is 5.76 Å². The maximum atomic E-state index is 11.9. The first-order chi connectivity index (χ1) is 11.8. The molecule has 2 aliphatic rings. The second-order valence-electron chi connectivity index (χ2n) is 6.65. The van der Waals surface area contributed by atoms with Crippen molar-refractivity contribution in [3.8, 4) is 0 Å². The minimum atomic E-state index is -0.152.